The van der Waals surface area contributed by atoms with E-state index < -0.39 is 0 Å². The highest BCUT2D eigenvalue weighted by Crippen LogP contribution is 2.29. The van der Waals surface area contributed by atoms with E-state index in [2.05, 4.69) is 45.3 Å². The van der Waals surface area contributed by atoms with Crippen LogP contribution in [0, 0.1) is 12.8 Å². The van der Waals surface area contributed by atoms with Crippen LogP contribution in [0.25, 0.3) is 11.4 Å². The standard InChI is InChI=1S/C13H18BrN5/c1-4-8(2)7-19-13(16-17-18-19)11-5-10(14)6-12(15)9(11)3/h5-6,8H,4,7,15H2,1-3H3. The summed E-state index contributed by atoms with van der Waals surface area (Å²) in [6.45, 7) is 7.15. The van der Waals surface area contributed by atoms with Crippen LogP contribution in [0.4, 0.5) is 5.69 Å². The molecule has 0 fully saturated rings. The van der Waals surface area contributed by atoms with Crippen molar-refractivity contribution in [3.8, 4) is 11.4 Å². The number of hydrogen-bond donors (Lipinski definition) is 1. The smallest absolute Gasteiger partial charge is 0.182 e. The maximum Gasteiger partial charge on any atom is 0.182 e. The summed E-state index contributed by atoms with van der Waals surface area (Å²) in [5.41, 5.74) is 8.71. The van der Waals surface area contributed by atoms with E-state index in [4.69, 9.17) is 5.73 Å². The Hall–Kier alpha value is -1.43. The second-order valence-corrected chi connectivity index (χ2v) is 5.78. The SMILES string of the molecule is CCC(C)Cn1nnnc1-c1cc(Br)cc(N)c1C. The predicted octanol–water partition coefficient (Wildman–Crippen LogP) is 3.04. The maximum absolute atomic E-state index is 6.00. The number of rotatable bonds is 4. The minimum atomic E-state index is 0.534. The van der Waals surface area contributed by atoms with Gasteiger partial charge >= 0.3 is 0 Å². The lowest BCUT2D eigenvalue weighted by atomic mass is 10.1. The van der Waals surface area contributed by atoms with Gasteiger partial charge in [-0.15, -0.1) is 5.10 Å². The number of halogens is 1. The molecule has 0 radical (unpaired) electrons. The van der Waals surface area contributed by atoms with Crippen molar-refractivity contribution in [2.24, 2.45) is 5.92 Å². The third-order valence-corrected chi connectivity index (χ3v) is 3.82. The normalized spacial score (nSPS) is 12.6. The highest BCUT2D eigenvalue weighted by molar-refractivity contribution is 9.10. The summed E-state index contributed by atoms with van der Waals surface area (Å²) in [7, 11) is 0. The molecule has 1 aromatic carbocycles. The van der Waals surface area contributed by atoms with Gasteiger partial charge in [-0.25, -0.2) is 4.68 Å². The number of nitrogen functional groups attached to an aromatic ring is 1. The zero-order valence-electron chi connectivity index (χ0n) is 11.4. The van der Waals surface area contributed by atoms with Crippen molar-refractivity contribution in [2.45, 2.75) is 33.7 Å². The average molecular weight is 324 g/mol. The summed E-state index contributed by atoms with van der Waals surface area (Å²) < 4.78 is 2.78. The van der Waals surface area contributed by atoms with Gasteiger partial charge in [0, 0.05) is 22.3 Å². The molecule has 2 N–H and O–H groups in total. The lowest BCUT2D eigenvalue weighted by molar-refractivity contribution is 0.434. The Bertz CT molecular complexity index is 578. The number of benzene rings is 1. The number of nitrogens with zero attached hydrogens (tertiary/aromatic N) is 4. The average Bonchev–Trinajstić information content (AvgIpc) is 2.81. The molecular formula is C13H18BrN5. The minimum absolute atomic E-state index is 0.534. The number of hydrogen-bond acceptors (Lipinski definition) is 4. The van der Waals surface area contributed by atoms with Crippen molar-refractivity contribution in [3.05, 3.63) is 22.2 Å². The topological polar surface area (TPSA) is 69.6 Å². The van der Waals surface area contributed by atoms with Gasteiger partial charge < -0.3 is 5.73 Å². The lowest BCUT2D eigenvalue weighted by Gasteiger charge is -2.12. The zero-order valence-corrected chi connectivity index (χ0v) is 13.0. The predicted molar refractivity (Wildman–Crippen MR) is 79.6 cm³/mol. The van der Waals surface area contributed by atoms with E-state index in [0.29, 0.717) is 5.92 Å². The van der Waals surface area contributed by atoms with Crippen molar-refractivity contribution >= 4 is 21.6 Å². The molecule has 0 spiro atoms. The van der Waals surface area contributed by atoms with Gasteiger partial charge in [0.05, 0.1) is 0 Å². The molecule has 0 bridgehead atoms. The number of nitrogens with two attached hydrogens (primary N) is 1. The first-order valence-corrected chi connectivity index (χ1v) is 7.14. The molecule has 0 saturated carbocycles. The number of tetrazole rings is 1. The largest absolute Gasteiger partial charge is 0.398 e. The van der Waals surface area contributed by atoms with Crippen LogP contribution in [0.1, 0.15) is 25.8 Å². The molecule has 0 aliphatic rings. The summed E-state index contributed by atoms with van der Waals surface area (Å²) in [5, 5.41) is 12.0. The zero-order chi connectivity index (χ0) is 14.0. The van der Waals surface area contributed by atoms with Gasteiger partial charge in [-0.3, -0.25) is 0 Å². The van der Waals surface area contributed by atoms with Gasteiger partial charge in [0.1, 0.15) is 0 Å². The van der Waals surface area contributed by atoms with Crippen LogP contribution in [0.2, 0.25) is 0 Å². The fraction of sp³-hybridized carbons (Fsp3) is 0.462. The molecule has 1 unspecified atom stereocenters. The molecule has 5 nitrogen and oxygen atoms in total. The minimum Gasteiger partial charge on any atom is -0.398 e. The van der Waals surface area contributed by atoms with Crippen LogP contribution in [0.15, 0.2) is 16.6 Å². The van der Waals surface area contributed by atoms with Crippen LogP contribution < -0.4 is 5.73 Å². The van der Waals surface area contributed by atoms with Crippen molar-refractivity contribution < 1.29 is 0 Å². The van der Waals surface area contributed by atoms with Gasteiger partial charge in [-0.2, -0.15) is 0 Å². The first kappa shape index (κ1) is 14.0. The van der Waals surface area contributed by atoms with E-state index in [1.165, 1.54) is 0 Å². The molecule has 1 heterocycles. The molecule has 0 amide bonds. The Morgan fingerprint density at radius 1 is 1.42 bits per heavy atom. The second-order valence-electron chi connectivity index (χ2n) is 4.87. The number of anilines is 1. The Balaban J connectivity index is 2.45. The Kier molecular flexibility index (Phi) is 4.19. The van der Waals surface area contributed by atoms with Crippen LogP contribution >= 0.6 is 15.9 Å². The third-order valence-electron chi connectivity index (χ3n) is 3.37. The van der Waals surface area contributed by atoms with E-state index in [1.54, 1.807) is 0 Å². The van der Waals surface area contributed by atoms with Crippen LogP contribution in [0.5, 0.6) is 0 Å². The Morgan fingerprint density at radius 3 is 2.84 bits per heavy atom. The maximum atomic E-state index is 6.00. The molecule has 0 aliphatic heterocycles. The van der Waals surface area contributed by atoms with E-state index in [1.807, 2.05) is 23.7 Å². The van der Waals surface area contributed by atoms with Crippen molar-refractivity contribution in [2.75, 3.05) is 5.73 Å². The van der Waals surface area contributed by atoms with Crippen molar-refractivity contribution in [3.63, 3.8) is 0 Å². The van der Waals surface area contributed by atoms with Crippen LogP contribution in [0.3, 0.4) is 0 Å². The molecule has 0 aliphatic carbocycles. The summed E-state index contributed by atoms with van der Waals surface area (Å²) >= 11 is 3.46. The van der Waals surface area contributed by atoms with Crippen LogP contribution in [-0.4, -0.2) is 20.2 Å². The van der Waals surface area contributed by atoms with Gasteiger partial charge in [-0.05, 0) is 41.0 Å². The molecular weight excluding hydrogens is 306 g/mol. The molecule has 1 aromatic heterocycles. The van der Waals surface area contributed by atoms with Gasteiger partial charge in [0.15, 0.2) is 5.82 Å². The fourth-order valence-electron chi connectivity index (χ4n) is 1.88. The Morgan fingerprint density at radius 2 is 2.16 bits per heavy atom. The molecule has 1 atom stereocenters. The van der Waals surface area contributed by atoms with Crippen molar-refractivity contribution in [1.82, 2.24) is 20.2 Å². The fourth-order valence-corrected chi connectivity index (χ4v) is 2.35. The quantitative estimate of drug-likeness (QED) is 0.878. The summed E-state index contributed by atoms with van der Waals surface area (Å²) in [5.74, 6) is 1.30. The van der Waals surface area contributed by atoms with Gasteiger partial charge in [0.25, 0.3) is 0 Å². The molecule has 0 saturated heterocycles. The first-order chi connectivity index (χ1) is 9.02. The van der Waals surface area contributed by atoms with E-state index in [-0.39, 0.29) is 0 Å². The van der Waals surface area contributed by atoms with E-state index in [0.717, 1.165) is 40.1 Å². The van der Waals surface area contributed by atoms with E-state index >= 15 is 0 Å². The Labute approximate surface area is 121 Å². The molecule has 6 heteroatoms. The van der Waals surface area contributed by atoms with Crippen molar-refractivity contribution in [1.29, 1.82) is 0 Å². The molecule has 2 rings (SSSR count). The lowest BCUT2D eigenvalue weighted by Crippen LogP contribution is -2.10. The monoisotopic (exact) mass is 323 g/mol. The molecule has 19 heavy (non-hydrogen) atoms. The highest BCUT2D eigenvalue weighted by Gasteiger charge is 2.15. The summed E-state index contributed by atoms with van der Waals surface area (Å²) in [6.07, 6.45) is 1.10. The van der Waals surface area contributed by atoms with Gasteiger partial charge in [0.2, 0.25) is 0 Å². The molecule has 102 valence electrons. The summed E-state index contributed by atoms with van der Waals surface area (Å²) in [4.78, 5) is 0. The van der Waals surface area contributed by atoms with Crippen LogP contribution in [-0.2, 0) is 6.54 Å². The first-order valence-electron chi connectivity index (χ1n) is 6.35. The second kappa shape index (κ2) is 5.69. The summed E-state index contributed by atoms with van der Waals surface area (Å²) in [6, 6.07) is 3.89. The third kappa shape index (κ3) is 2.94. The highest BCUT2D eigenvalue weighted by atomic mass is 79.9. The van der Waals surface area contributed by atoms with E-state index in [9.17, 15) is 0 Å². The molecule has 2 aromatic rings. The number of aromatic nitrogens is 4. The van der Waals surface area contributed by atoms with Gasteiger partial charge in [-0.1, -0.05) is 36.2 Å².